The fraction of sp³-hybridized carbons (Fsp3) is 0.323. The second-order valence-electron chi connectivity index (χ2n) is 28.4. The van der Waals surface area contributed by atoms with Crippen LogP contribution >= 0.6 is 111 Å². The van der Waals surface area contributed by atoms with Crippen molar-refractivity contribution in [3.8, 4) is 111 Å². The van der Waals surface area contributed by atoms with Gasteiger partial charge in [-0.05, 0) is 289 Å². The zero-order valence-corrected chi connectivity index (χ0v) is 110. The Labute approximate surface area is 921 Å². The molecule has 0 N–H and O–H groups in total. The van der Waals surface area contributed by atoms with E-state index in [0.717, 1.165) is 73.9 Å². The number of benzene rings is 15. The molecule has 15 aromatic rings. The molecule has 15 rings (SSSR count). The highest BCUT2D eigenvalue weighted by molar-refractivity contribution is 7.17. The fourth-order valence-electron chi connectivity index (χ4n) is 13.7. The van der Waals surface area contributed by atoms with E-state index in [2.05, 4.69) is 464 Å². The molecule has 0 bridgehead atoms. The van der Waals surface area contributed by atoms with Crippen LogP contribution in [0.15, 0.2) is 346 Å². The molecule has 0 aliphatic carbocycles. The molecular formula is C133H198P12. The lowest BCUT2D eigenvalue weighted by molar-refractivity contribution is 1.28. The minimum absolute atomic E-state index is 0.988. The summed E-state index contributed by atoms with van der Waals surface area (Å²) in [5.74, 6) is 0. The van der Waals surface area contributed by atoms with Gasteiger partial charge in [0.1, 0.15) is 0 Å². The van der Waals surface area contributed by atoms with Crippen LogP contribution in [0.1, 0.15) is 280 Å². The first-order valence-corrected chi connectivity index (χ1v) is 64.0. The molecule has 15 aromatic carbocycles. The Kier molecular flexibility index (Phi) is 99.5. The molecule has 145 heavy (non-hydrogen) atoms. The van der Waals surface area contributed by atoms with Crippen LogP contribution in [0.2, 0.25) is 0 Å². The van der Waals surface area contributed by atoms with Crippen LogP contribution in [0, 0.1) is 6.92 Å². The van der Waals surface area contributed by atoms with Gasteiger partial charge >= 0.3 is 0 Å². The Morgan fingerprint density at radius 3 is 0.407 bits per heavy atom. The quantitative estimate of drug-likeness (QED) is 0.0593. The molecule has 0 saturated carbocycles. The standard InChI is InChI=1S/3C21H23P3.C20H20P2.C20H19P.15C2H6/c22-12-15-4-6-18(7-5-15)19-2-1-3-20(11-19)21-9-16(13-23)8-17(10-21)14-24;2*22-12-15-4-6-16(7-5-15)17-2-1-3-18(10-17)19-8-9-20(13-23)21(11-19)14-24;21-13-15-4-8-17(9-5-15)19-2-1-3-20(12-19)18-10-6-16(14-22)7-11-18;1-15-5-9-17(10-6-15)19-3-2-4-20(13-19)18-11-7-16(14-21)8-12-18;15*1-2/h3*1-11H,12-14,22-24H2;1-12H,13-14,21-22H2;2-13H,14,21H2,1H3;15*1-2H3. The van der Waals surface area contributed by atoms with Gasteiger partial charge in [0.2, 0.25) is 0 Å². The third kappa shape index (κ3) is 54.3. The summed E-state index contributed by atoms with van der Waals surface area (Å²) in [6.07, 6.45) is 12.0. The van der Waals surface area contributed by atoms with Gasteiger partial charge in [-0.25, -0.2) is 0 Å². The number of hydrogen-bond acceptors (Lipinski definition) is 0. The average Bonchev–Trinajstić information content (AvgIpc) is 0.818. The van der Waals surface area contributed by atoms with Crippen LogP contribution < -0.4 is 0 Å². The zero-order chi connectivity index (χ0) is 111. The highest BCUT2D eigenvalue weighted by Gasteiger charge is 2.12. The minimum Gasteiger partial charge on any atom is -0.133 e. The van der Waals surface area contributed by atoms with Crippen molar-refractivity contribution in [2.45, 2.75) is 289 Å². The van der Waals surface area contributed by atoms with Crippen LogP contribution in [-0.2, 0) is 73.9 Å². The summed E-state index contributed by atoms with van der Waals surface area (Å²) in [4.78, 5) is 0. The Balaban J connectivity index is -0.000000527. The van der Waals surface area contributed by atoms with E-state index in [4.69, 9.17) is 0 Å². The Morgan fingerprint density at radius 1 is 0.110 bits per heavy atom. The van der Waals surface area contributed by atoms with E-state index < -0.39 is 0 Å². The van der Waals surface area contributed by atoms with Crippen molar-refractivity contribution in [1.29, 1.82) is 0 Å². The third-order valence-corrected chi connectivity index (χ3v) is 26.2. The summed E-state index contributed by atoms with van der Waals surface area (Å²) in [5, 5.41) is 0. The zero-order valence-electron chi connectivity index (χ0n) is 95.8. The topological polar surface area (TPSA) is 0 Å². The van der Waals surface area contributed by atoms with Gasteiger partial charge in [0.25, 0.3) is 0 Å². The van der Waals surface area contributed by atoms with Gasteiger partial charge in [0.05, 0.1) is 0 Å². The predicted molar refractivity (Wildman–Crippen MR) is 722 cm³/mol. The lowest BCUT2D eigenvalue weighted by Crippen LogP contribution is -1.89. The van der Waals surface area contributed by atoms with Gasteiger partial charge in [-0.3, -0.25) is 0 Å². The smallest absolute Gasteiger partial charge is 0.0125 e. The largest absolute Gasteiger partial charge is 0.133 e. The van der Waals surface area contributed by atoms with Gasteiger partial charge in [-0.15, -0.1) is 111 Å². The lowest BCUT2D eigenvalue weighted by Gasteiger charge is -2.11. The van der Waals surface area contributed by atoms with Crippen molar-refractivity contribution < 1.29 is 0 Å². The molecule has 12 atom stereocenters. The fourth-order valence-corrected chi connectivity index (χ4v) is 17.4. The maximum absolute atomic E-state index is 2.84. The SMILES string of the molecule is CC.CC.CC.CC.CC.CC.CC.CC.CC.CC.CC.CC.CC.CC.CC.Cc1ccc(-c2cccc(-c3ccc(CP)cc3)c2)cc1.PCc1ccc(-c2cccc(-c3cc(CP)cc(CP)c3)c2)cc1.PCc1ccc(-c2cccc(-c3ccc(CP)c(CP)c3)c2)cc1.PCc1ccc(-c2cccc(-c3ccc(CP)c(CP)c3)c2)cc1.PCc1ccc(-c2cccc(-c3ccc(CP)cc3)c2)cc1. The minimum atomic E-state index is 0.988. The highest BCUT2D eigenvalue weighted by Crippen LogP contribution is 2.36. The average molecular weight is 2170 g/mol. The van der Waals surface area contributed by atoms with Crippen molar-refractivity contribution in [1.82, 2.24) is 0 Å². The molecule has 0 heterocycles. The summed E-state index contributed by atoms with van der Waals surface area (Å²) in [6, 6.07) is 126. The molecule has 0 nitrogen and oxygen atoms in total. The first-order chi connectivity index (χ1) is 71.3. The summed E-state index contributed by atoms with van der Waals surface area (Å²) < 4.78 is 0. The highest BCUT2D eigenvalue weighted by atomic mass is 31.0. The van der Waals surface area contributed by atoms with Crippen molar-refractivity contribution in [3.63, 3.8) is 0 Å². The molecule has 12 unspecified atom stereocenters. The van der Waals surface area contributed by atoms with Crippen LogP contribution in [0.25, 0.3) is 111 Å². The molecular weight excluding hydrogens is 1970 g/mol. The lowest BCUT2D eigenvalue weighted by atomic mass is 9.96. The summed E-state index contributed by atoms with van der Waals surface area (Å²) in [5.41, 5.74) is 43.2. The molecule has 0 aliphatic heterocycles. The van der Waals surface area contributed by atoms with Crippen LogP contribution in [0.5, 0.6) is 0 Å². The first-order valence-electron chi connectivity index (χ1n) is 54.2. The van der Waals surface area contributed by atoms with Crippen LogP contribution in [-0.4, -0.2) is 0 Å². The molecule has 0 fully saturated rings. The van der Waals surface area contributed by atoms with E-state index in [1.165, 1.54) is 184 Å². The van der Waals surface area contributed by atoms with E-state index in [1.807, 2.05) is 208 Å². The Morgan fingerprint density at radius 2 is 0.248 bits per heavy atom. The molecule has 790 valence electrons. The van der Waals surface area contributed by atoms with Gasteiger partial charge in [0.15, 0.2) is 0 Å². The Bertz CT molecular complexity index is 5330. The molecule has 0 aliphatic rings. The van der Waals surface area contributed by atoms with E-state index >= 15 is 0 Å². The molecule has 12 heteroatoms. The predicted octanol–water partition coefficient (Wildman–Crippen LogP) is 45.3. The number of rotatable bonds is 22. The van der Waals surface area contributed by atoms with Crippen molar-refractivity contribution >= 4 is 111 Å². The molecule has 0 radical (unpaired) electrons. The monoisotopic (exact) mass is 2170 g/mol. The van der Waals surface area contributed by atoms with E-state index in [9.17, 15) is 0 Å². The second kappa shape index (κ2) is 98.2. The van der Waals surface area contributed by atoms with Crippen molar-refractivity contribution in [2.24, 2.45) is 0 Å². The van der Waals surface area contributed by atoms with Crippen molar-refractivity contribution in [2.75, 3.05) is 0 Å². The van der Waals surface area contributed by atoms with Crippen LogP contribution in [0.4, 0.5) is 0 Å². The summed E-state index contributed by atoms with van der Waals surface area (Å²) >= 11 is 0. The normalized spacial score (nSPS) is 9.12. The van der Waals surface area contributed by atoms with Crippen LogP contribution in [0.3, 0.4) is 0 Å². The number of aryl methyl sites for hydroxylation is 1. The van der Waals surface area contributed by atoms with Gasteiger partial charge in [-0.2, -0.15) is 0 Å². The molecule has 0 saturated heterocycles. The van der Waals surface area contributed by atoms with E-state index in [0.29, 0.717) is 0 Å². The Hall–Kier alpha value is -6.54. The summed E-state index contributed by atoms with van der Waals surface area (Å²) in [6.45, 7) is 62.1. The van der Waals surface area contributed by atoms with Gasteiger partial charge < -0.3 is 0 Å². The second-order valence-corrected chi connectivity index (χ2v) is 33.3. The molecule has 0 aromatic heterocycles. The maximum Gasteiger partial charge on any atom is -0.0125 e. The maximum atomic E-state index is 2.84. The van der Waals surface area contributed by atoms with Gasteiger partial charge in [0, 0.05) is 0 Å². The first kappa shape index (κ1) is 147. The summed E-state index contributed by atoms with van der Waals surface area (Å²) in [7, 11) is 33.6. The molecule has 0 amide bonds. The third-order valence-electron chi connectivity index (χ3n) is 20.7. The molecule has 0 spiro atoms. The van der Waals surface area contributed by atoms with E-state index in [-0.39, 0.29) is 0 Å². The van der Waals surface area contributed by atoms with E-state index in [1.54, 1.807) is 0 Å². The number of hydrogen-bond donors (Lipinski definition) is 0. The van der Waals surface area contributed by atoms with Crippen molar-refractivity contribution in [3.05, 3.63) is 418 Å². The van der Waals surface area contributed by atoms with Gasteiger partial charge in [-0.1, -0.05) is 529 Å².